The van der Waals surface area contributed by atoms with Gasteiger partial charge in [-0.25, -0.2) is 4.79 Å². The lowest BCUT2D eigenvalue weighted by atomic mass is 10.2. The Morgan fingerprint density at radius 3 is 2.69 bits per heavy atom. The molecule has 0 unspecified atom stereocenters. The molecule has 0 amide bonds. The summed E-state index contributed by atoms with van der Waals surface area (Å²) < 4.78 is 6.47. The van der Waals surface area contributed by atoms with Gasteiger partial charge in [0.15, 0.2) is 0 Å². The van der Waals surface area contributed by atoms with Crippen molar-refractivity contribution in [3.8, 4) is 11.5 Å². The summed E-state index contributed by atoms with van der Waals surface area (Å²) in [5.74, 6) is -1.41. The van der Waals surface area contributed by atoms with Crippen LogP contribution in [-0.2, 0) is 0 Å². The van der Waals surface area contributed by atoms with Gasteiger partial charge in [0.1, 0.15) is 0 Å². The van der Waals surface area contributed by atoms with Crippen LogP contribution in [0.3, 0.4) is 0 Å². The lowest BCUT2D eigenvalue weighted by Crippen LogP contribution is -1.98. The van der Waals surface area contributed by atoms with Crippen molar-refractivity contribution in [3.63, 3.8) is 0 Å². The molecule has 1 N–H and O–H groups in total. The zero-order chi connectivity index (χ0) is 11.7. The fourth-order valence-corrected chi connectivity index (χ4v) is 2.30. The summed E-state index contributed by atoms with van der Waals surface area (Å²) in [5.41, 5.74) is 0.642. The van der Waals surface area contributed by atoms with E-state index >= 15 is 0 Å². The van der Waals surface area contributed by atoms with E-state index in [0.717, 1.165) is 8.95 Å². The molecule has 0 saturated carbocycles. The van der Waals surface area contributed by atoms with E-state index in [1.165, 1.54) is 0 Å². The highest BCUT2D eigenvalue weighted by atomic mass is 79.9. The van der Waals surface area contributed by atoms with Crippen LogP contribution in [0.2, 0.25) is 0 Å². The Morgan fingerprint density at radius 1 is 1.38 bits per heavy atom. The molecule has 0 aliphatic rings. The third-order valence-corrected chi connectivity index (χ3v) is 2.93. The van der Waals surface area contributed by atoms with Crippen LogP contribution in [0.4, 0.5) is 0 Å². The number of hydrogen-bond donors (Lipinski definition) is 1. The minimum absolute atomic E-state index is 0.164. The summed E-state index contributed by atoms with van der Waals surface area (Å²) >= 11 is 6.63. The maximum absolute atomic E-state index is 10.6. The van der Waals surface area contributed by atoms with Gasteiger partial charge >= 0.3 is 5.97 Å². The van der Waals surface area contributed by atoms with Crippen molar-refractivity contribution in [2.45, 2.75) is 0 Å². The summed E-state index contributed by atoms with van der Waals surface area (Å²) in [7, 11) is 0. The number of halogens is 2. The summed E-state index contributed by atoms with van der Waals surface area (Å²) in [5, 5.41) is 12.0. The molecule has 7 heteroatoms. The molecule has 0 atom stereocenters. The number of benzene rings is 1. The molecule has 0 radical (unpaired) electrons. The molecule has 0 spiro atoms. The minimum Gasteiger partial charge on any atom is -0.475 e. The van der Waals surface area contributed by atoms with Gasteiger partial charge in [-0.3, -0.25) is 0 Å². The number of aromatic nitrogens is 2. The Hall–Kier alpha value is -1.21. The van der Waals surface area contributed by atoms with Crippen LogP contribution in [0.25, 0.3) is 11.5 Å². The van der Waals surface area contributed by atoms with Crippen LogP contribution < -0.4 is 0 Å². The van der Waals surface area contributed by atoms with Gasteiger partial charge in [0, 0.05) is 8.95 Å². The van der Waals surface area contributed by atoms with E-state index in [0.29, 0.717) is 5.56 Å². The molecule has 0 fully saturated rings. The molecule has 2 aromatic rings. The van der Waals surface area contributed by atoms with Crippen LogP contribution in [-0.4, -0.2) is 21.2 Å². The fourth-order valence-electron chi connectivity index (χ4n) is 1.08. The lowest BCUT2D eigenvalue weighted by molar-refractivity contribution is 0.0680. The molecule has 1 aromatic carbocycles. The van der Waals surface area contributed by atoms with E-state index < -0.39 is 5.97 Å². The standard InChI is InChI=1S/C9H4Br2N2O3/c10-4-1-2-5(6(11)3-4)8-12-7(9(14)15)13-16-8/h1-3H,(H,14,15). The van der Waals surface area contributed by atoms with Gasteiger partial charge in [-0.1, -0.05) is 15.9 Å². The normalized spacial score (nSPS) is 10.4. The molecule has 1 heterocycles. The second kappa shape index (κ2) is 4.34. The number of carboxylic acid groups (broad SMARTS) is 1. The van der Waals surface area contributed by atoms with Gasteiger partial charge in [-0.05, 0) is 39.3 Å². The highest BCUT2D eigenvalue weighted by Gasteiger charge is 2.16. The molecule has 0 aliphatic carbocycles. The number of carboxylic acids is 1. The van der Waals surface area contributed by atoms with Gasteiger partial charge in [-0.15, -0.1) is 0 Å². The third kappa shape index (κ3) is 2.14. The summed E-state index contributed by atoms with van der Waals surface area (Å²) in [6, 6.07) is 5.35. The largest absolute Gasteiger partial charge is 0.475 e. The number of rotatable bonds is 2. The second-order valence-corrected chi connectivity index (χ2v) is 4.62. The van der Waals surface area contributed by atoms with Crippen molar-refractivity contribution >= 4 is 37.8 Å². The van der Waals surface area contributed by atoms with Gasteiger partial charge in [0.25, 0.3) is 11.7 Å². The summed E-state index contributed by atoms with van der Waals surface area (Å²) in [6.45, 7) is 0. The van der Waals surface area contributed by atoms with E-state index in [-0.39, 0.29) is 11.7 Å². The smallest absolute Gasteiger partial charge is 0.377 e. The molecule has 16 heavy (non-hydrogen) atoms. The molecule has 0 saturated heterocycles. The van der Waals surface area contributed by atoms with Crippen molar-refractivity contribution < 1.29 is 14.4 Å². The molecular formula is C9H4Br2N2O3. The minimum atomic E-state index is -1.22. The van der Waals surface area contributed by atoms with Gasteiger partial charge < -0.3 is 9.63 Å². The average Bonchev–Trinajstić information content (AvgIpc) is 2.66. The SMILES string of the molecule is O=C(O)c1noc(-c2ccc(Br)cc2Br)n1. The van der Waals surface area contributed by atoms with Crippen molar-refractivity contribution in [3.05, 3.63) is 33.0 Å². The van der Waals surface area contributed by atoms with Crippen molar-refractivity contribution in [2.24, 2.45) is 0 Å². The van der Waals surface area contributed by atoms with Crippen molar-refractivity contribution in [1.82, 2.24) is 10.1 Å². The van der Waals surface area contributed by atoms with Gasteiger partial charge in [0.2, 0.25) is 0 Å². The molecule has 2 rings (SSSR count). The Morgan fingerprint density at radius 2 is 2.12 bits per heavy atom. The first kappa shape index (κ1) is 11.3. The van der Waals surface area contributed by atoms with Crippen molar-refractivity contribution in [1.29, 1.82) is 0 Å². The molecule has 0 bridgehead atoms. The predicted molar refractivity (Wildman–Crippen MR) is 62.1 cm³/mol. The monoisotopic (exact) mass is 346 g/mol. The molecule has 5 nitrogen and oxygen atoms in total. The molecule has 1 aromatic heterocycles. The van der Waals surface area contributed by atoms with E-state index in [4.69, 9.17) is 9.63 Å². The van der Waals surface area contributed by atoms with Crippen LogP contribution in [0.15, 0.2) is 31.7 Å². The first-order valence-corrected chi connectivity index (χ1v) is 5.69. The fraction of sp³-hybridized carbons (Fsp3) is 0. The van der Waals surface area contributed by atoms with Crippen LogP contribution in [0.1, 0.15) is 10.6 Å². The second-order valence-electron chi connectivity index (χ2n) is 2.85. The number of carbonyl (C=O) groups is 1. The molecule has 82 valence electrons. The van der Waals surface area contributed by atoms with E-state index in [1.807, 2.05) is 0 Å². The maximum atomic E-state index is 10.6. The zero-order valence-corrected chi connectivity index (χ0v) is 10.8. The number of aromatic carboxylic acids is 1. The van der Waals surface area contributed by atoms with Gasteiger partial charge in [0.05, 0.1) is 5.56 Å². The summed E-state index contributed by atoms with van der Waals surface area (Å²) in [4.78, 5) is 14.3. The van der Waals surface area contributed by atoms with E-state index in [9.17, 15) is 4.79 Å². The molecule has 0 aliphatic heterocycles. The number of nitrogens with zero attached hydrogens (tertiary/aromatic N) is 2. The average molecular weight is 348 g/mol. The highest BCUT2D eigenvalue weighted by molar-refractivity contribution is 9.11. The van der Waals surface area contributed by atoms with Crippen molar-refractivity contribution in [2.75, 3.05) is 0 Å². The van der Waals surface area contributed by atoms with E-state index in [2.05, 4.69) is 42.0 Å². The first-order chi connectivity index (χ1) is 7.58. The quantitative estimate of drug-likeness (QED) is 0.903. The van der Waals surface area contributed by atoms with Crippen LogP contribution in [0, 0.1) is 0 Å². The predicted octanol–water partition coefficient (Wildman–Crippen LogP) is 2.96. The Kier molecular flexibility index (Phi) is 3.06. The maximum Gasteiger partial charge on any atom is 0.377 e. The lowest BCUT2D eigenvalue weighted by Gasteiger charge is -1.98. The van der Waals surface area contributed by atoms with E-state index in [1.54, 1.807) is 18.2 Å². The topological polar surface area (TPSA) is 76.2 Å². The number of hydrogen-bond acceptors (Lipinski definition) is 4. The Bertz CT molecular complexity index is 553. The van der Waals surface area contributed by atoms with Crippen LogP contribution in [0.5, 0.6) is 0 Å². The summed E-state index contributed by atoms with van der Waals surface area (Å²) in [6.07, 6.45) is 0. The first-order valence-electron chi connectivity index (χ1n) is 4.10. The third-order valence-electron chi connectivity index (χ3n) is 1.78. The van der Waals surface area contributed by atoms with Gasteiger partial charge in [-0.2, -0.15) is 4.98 Å². The highest BCUT2D eigenvalue weighted by Crippen LogP contribution is 2.29. The zero-order valence-electron chi connectivity index (χ0n) is 7.65. The Labute approximate surface area is 107 Å². The molecular weight excluding hydrogens is 344 g/mol. The Balaban J connectivity index is 2.46. The van der Waals surface area contributed by atoms with Crippen LogP contribution >= 0.6 is 31.9 Å².